The molecule has 0 fully saturated rings. The monoisotopic (exact) mass is 271 g/mol. The van der Waals surface area contributed by atoms with Crippen molar-refractivity contribution < 1.29 is 9.90 Å². The summed E-state index contributed by atoms with van der Waals surface area (Å²) in [6.07, 6.45) is 1.74. The molecule has 0 saturated heterocycles. The van der Waals surface area contributed by atoms with Crippen LogP contribution in [0.25, 0.3) is 0 Å². The van der Waals surface area contributed by atoms with Crippen molar-refractivity contribution in [3.63, 3.8) is 0 Å². The molecule has 0 unspecified atom stereocenters. The average Bonchev–Trinajstić information content (AvgIpc) is 2.42. The highest BCUT2D eigenvalue weighted by molar-refractivity contribution is 5.87. The maximum Gasteiger partial charge on any atom is 0.335 e. The van der Waals surface area contributed by atoms with Crippen LogP contribution in [0.5, 0.6) is 0 Å². The lowest BCUT2D eigenvalue weighted by molar-refractivity contribution is 0.0697. The van der Waals surface area contributed by atoms with Gasteiger partial charge in [0.05, 0.1) is 17.0 Å². The Hall–Kier alpha value is -2.43. The largest absolute Gasteiger partial charge is 0.478 e. The quantitative estimate of drug-likeness (QED) is 0.925. The fraction of sp³-hybridized carbons (Fsp3) is 0.267. The van der Waals surface area contributed by atoms with E-state index in [1.54, 1.807) is 18.3 Å². The Morgan fingerprint density at radius 3 is 2.50 bits per heavy atom. The number of aromatic carboxylic acids is 1. The van der Waals surface area contributed by atoms with Crippen molar-refractivity contribution in [2.75, 3.05) is 11.9 Å². The second-order valence-corrected chi connectivity index (χ2v) is 4.78. The lowest BCUT2D eigenvalue weighted by Crippen LogP contribution is -2.19. The Morgan fingerprint density at radius 2 is 1.90 bits per heavy atom. The molecular formula is C15H17N3O2. The van der Waals surface area contributed by atoms with E-state index >= 15 is 0 Å². The molecule has 0 radical (unpaired) electrons. The van der Waals surface area contributed by atoms with E-state index in [2.05, 4.69) is 9.97 Å². The molecule has 104 valence electrons. The van der Waals surface area contributed by atoms with Crippen molar-refractivity contribution in [1.29, 1.82) is 0 Å². The Bertz CT molecular complexity index is 624. The van der Waals surface area contributed by atoms with Crippen LogP contribution in [0.15, 0.2) is 30.5 Å². The van der Waals surface area contributed by atoms with Gasteiger partial charge in [-0.2, -0.15) is 0 Å². The fourth-order valence-corrected chi connectivity index (χ4v) is 1.99. The van der Waals surface area contributed by atoms with Crippen LogP contribution in [-0.4, -0.2) is 28.1 Å². The van der Waals surface area contributed by atoms with Crippen molar-refractivity contribution in [2.45, 2.75) is 20.4 Å². The zero-order valence-electron chi connectivity index (χ0n) is 11.8. The van der Waals surface area contributed by atoms with E-state index in [1.807, 2.05) is 37.9 Å². The van der Waals surface area contributed by atoms with Crippen LogP contribution in [0.1, 0.15) is 27.3 Å². The molecule has 0 atom stereocenters. The average molecular weight is 271 g/mol. The lowest BCUT2D eigenvalue weighted by atomic mass is 10.1. The highest BCUT2D eigenvalue weighted by Crippen LogP contribution is 2.16. The van der Waals surface area contributed by atoms with E-state index in [4.69, 9.17) is 5.11 Å². The normalized spacial score (nSPS) is 10.3. The van der Waals surface area contributed by atoms with Gasteiger partial charge in [-0.15, -0.1) is 0 Å². The number of hydrogen-bond donors (Lipinski definition) is 1. The molecule has 5 heteroatoms. The van der Waals surface area contributed by atoms with E-state index in [0.717, 1.165) is 22.8 Å². The van der Waals surface area contributed by atoms with Gasteiger partial charge in [0, 0.05) is 19.8 Å². The van der Waals surface area contributed by atoms with Crippen molar-refractivity contribution in [1.82, 2.24) is 9.97 Å². The summed E-state index contributed by atoms with van der Waals surface area (Å²) in [5.41, 5.74) is 3.07. The maximum atomic E-state index is 10.8. The third kappa shape index (κ3) is 3.12. The first-order chi connectivity index (χ1) is 9.47. The van der Waals surface area contributed by atoms with E-state index in [1.165, 1.54) is 0 Å². The second-order valence-electron chi connectivity index (χ2n) is 4.78. The molecule has 2 rings (SSSR count). The number of nitrogens with zero attached hydrogens (tertiary/aromatic N) is 3. The fourth-order valence-electron chi connectivity index (χ4n) is 1.99. The number of hydrogen-bond acceptors (Lipinski definition) is 4. The van der Waals surface area contributed by atoms with E-state index in [0.29, 0.717) is 12.1 Å². The predicted molar refractivity (Wildman–Crippen MR) is 77.0 cm³/mol. The molecule has 0 aliphatic carbocycles. The summed E-state index contributed by atoms with van der Waals surface area (Å²) in [4.78, 5) is 21.6. The lowest BCUT2D eigenvalue weighted by Gasteiger charge is -2.20. The summed E-state index contributed by atoms with van der Waals surface area (Å²) in [7, 11) is 1.95. The van der Waals surface area contributed by atoms with Gasteiger partial charge in [-0.1, -0.05) is 12.1 Å². The molecule has 1 heterocycles. The first-order valence-corrected chi connectivity index (χ1v) is 6.31. The highest BCUT2D eigenvalue weighted by atomic mass is 16.4. The van der Waals surface area contributed by atoms with E-state index < -0.39 is 5.97 Å². The minimum Gasteiger partial charge on any atom is -0.478 e. The van der Waals surface area contributed by atoms with Gasteiger partial charge in [-0.3, -0.25) is 4.98 Å². The number of carboxylic acid groups (broad SMARTS) is 1. The second kappa shape index (κ2) is 5.69. The molecule has 20 heavy (non-hydrogen) atoms. The number of benzene rings is 1. The van der Waals surface area contributed by atoms with Gasteiger partial charge in [0.2, 0.25) is 0 Å². The van der Waals surface area contributed by atoms with Crippen LogP contribution < -0.4 is 4.90 Å². The SMILES string of the molecule is Cc1cnc(C)c(N(C)Cc2ccc(C(=O)O)cc2)n1. The Labute approximate surface area is 117 Å². The van der Waals surface area contributed by atoms with Crippen molar-refractivity contribution in [3.05, 3.63) is 53.0 Å². The molecular weight excluding hydrogens is 254 g/mol. The minimum atomic E-state index is -0.912. The number of carbonyl (C=O) groups is 1. The Kier molecular flexibility index (Phi) is 3.98. The molecule has 5 nitrogen and oxygen atoms in total. The van der Waals surface area contributed by atoms with Crippen LogP contribution in [0.3, 0.4) is 0 Å². The molecule has 1 N–H and O–H groups in total. The summed E-state index contributed by atoms with van der Waals surface area (Å²) in [5, 5.41) is 8.87. The number of anilines is 1. The predicted octanol–water partition coefficient (Wildman–Crippen LogP) is 2.43. The Morgan fingerprint density at radius 1 is 1.25 bits per heavy atom. The number of aromatic nitrogens is 2. The standard InChI is InChI=1S/C15H17N3O2/c1-10-8-16-11(2)14(17-10)18(3)9-12-4-6-13(7-5-12)15(19)20/h4-8H,9H2,1-3H3,(H,19,20). The van der Waals surface area contributed by atoms with Crippen molar-refractivity contribution >= 4 is 11.8 Å². The van der Waals surface area contributed by atoms with E-state index in [9.17, 15) is 4.79 Å². The van der Waals surface area contributed by atoms with Gasteiger partial charge in [-0.05, 0) is 31.5 Å². The van der Waals surface area contributed by atoms with Crippen LogP contribution in [0.2, 0.25) is 0 Å². The molecule has 0 aliphatic heterocycles. The zero-order chi connectivity index (χ0) is 14.7. The van der Waals surface area contributed by atoms with Crippen LogP contribution in [0.4, 0.5) is 5.82 Å². The van der Waals surface area contributed by atoms with Crippen molar-refractivity contribution in [3.8, 4) is 0 Å². The van der Waals surface area contributed by atoms with Gasteiger partial charge in [0.25, 0.3) is 0 Å². The van der Waals surface area contributed by atoms with Crippen LogP contribution in [-0.2, 0) is 6.54 Å². The summed E-state index contributed by atoms with van der Waals surface area (Å²) in [5.74, 6) is -0.0717. The summed E-state index contributed by atoms with van der Waals surface area (Å²) >= 11 is 0. The first-order valence-electron chi connectivity index (χ1n) is 6.31. The first kappa shape index (κ1) is 14.0. The molecule has 0 amide bonds. The third-order valence-electron chi connectivity index (χ3n) is 3.03. The molecule has 0 aliphatic rings. The Balaban J connectivity index is 2.16. The zero-order valence-corrected chi connectivity index (χ0v) is 11.8. The van der Waals surface area contributed by atoms with Gasteiger partial charge in [-0.25, -0.2) is 9.78 Å². The van der Waals surface area contributed by atoms with Crippen LogP contribution in [0, 0.1) is 13.8 Å². The molecule has 2 aromatic rings. The van der Waals surface area contributed by atoms with Gasteiger partial charge >= 0.3 is 5.97 Å². The minimum absolute atomic E-state index is 0.294. The number of aryl methyl sites for hydroxylation is 2. The number of rotatable bonds is 4. The van der Waals surface area contributed by atoms with Crippen molar-refractivity contribution in [2.24, 2.45) is 0 Å². The molecule has 0 spiro atoms. The summed E-state index contributed by atoms with van der Waals surface area (Å²) < 4.78 is 0. The molecule has 1 aromatic carbocycles. The maximum absolute atomic E-state index is 10.8. The number of carboxylic acids is 1. The van der Waals surface area contributed by atoms with E-state index in [-0.39, 0.29) is 0 Å². The molecule has 0 saturated carbocycles. The smallest absolute Gasteiger partial charge is 0.335 e. The van der Waals surface area contributed by atoms with Crippen LogP contribution >= 0.6 is 0 Å². The summed E-state index contributed by atoms with van der Waals surface area (Å²) in [6, 6.07) is 6.86. The molecule has 1 aromatic heterocycles. The van der Waals surface area contributed by atoms with Gasteiger partial charge in [0.1, 0.15) is 5.82 Å². The summed E-state index contributed by atoms with van der Waals surface area (Å²) in [6.45, 7) is 4.48. The van der Waals surface area contributed by atoms with Gasteiger partial charge in [0.15, 0.2) is 0 Å². The topological polar surface area (TPSA) is 66.3 Å². The highest BCUT2D eigenvalue weighted by Gasteiger charge is 2.09. The molecule has 0 bridgehead atoms. The van der Waals surface area contributed by atoms with Gasteiger partial charge < -0.3 is 10.0 Å². The third-order valence-corrected chi connectivity index (χ3v) is 3.03.